The summed E-state index contributed by atoms with van der Waals surface area (Å²) in [5.41, 5.74) is 2.95. The molecule has 0 aliphatic carbocycles. The van der Waals surface area contributed by atoms with Gasteiger partial charge in [-0.15, -0.1) is 37.2 Å². The van der Waals surface area contributed by atoms with Crippen LogP contribution in [0.3, 0.4) is 0 Å². The molecule has 2 aliphatic heterocycles. The zero-order chi connectivity index (χ0) is 34.4. The number of aromatic nitrogens is 3. The van der Waals surface area contributed by atoms with Gasteiger partial charge in [0.1, 0.15) is 5.69 Å². The predicted octanol–water partition coefficient (Wildman–Crippen LogP) is 6.33. The molecular formula is C36H42Cl3F3N6O4. The second-order valence-electron chi connectivity index (χ2n) is 12.1. The summed E-state index contributed by atoms with van der Waals surface area (Å²) >= 11 is 0. The number of hydrogen-bond acceptors (Lipinski definition) is 9. The minimum Gasteiger partial charge on any atom is -0.481 e. The van der Waals surface area contributed by atoms with Gasteiger partial charge < -0.3 is 19.1 Å². The van der Waals surface area contributed by atoms with Crippen LogP contribution >= 0.6 is 37.2 Å². The van der Waals surface area contributed by atoms with E-state index in [1.807, 2.05) is 41.3 Å². The smallest absolute Gasteiger partial charge is 0.422 e. The first-order chi connectivity index (χ1) is 23.7. The average Bonchev–Trinajstić information content (AvgIpc) is 3.12. The molecule has 0 radical (unpaired) electrons. The van der Waals surface area contributed by atoms with Crippen LogP contribution in [0.5, 0.6) is 17.8 Å². The third-order valence-corrected chi connectivity index (χ3v) is 8.87. The summed E-state index contributed by atoms with van der Waals surface area (Å²) < 4.78 is 56.3. The molecule has 0 spiro atoms. The standard InChI is InChI=1S/C36H39F3N6O4.3ClH/c1-3-48-35-41-32(47-2)28(33(42-35)49-24-36(37,38)39)22-43-20-27-21-44(34(46)29-16-10-11-17-40-29)18-19-45(27)30(23-43)31(25-12-6-4-7-13-25)26-14-8-5-9-15-26;;;/h4-17,27,30-31H,3,18-24H2,1-2H3;3*1H/t27-,30+;;;/m1.../s1. The summed E-state index contributed by atoms with van der Waals surface area (Å²) in [5, 5.41) is 0. The lowest BCUT2D eigenvalue weighted by molar-refractivity contribution is -0.154. The Kier molecular flexibility index (Phi) is 15.8. The number of methoxy groups -OCH3 is 1. The van der Waals surface area contributed by atoms with Crippen LogP contribution in [0.2, 0.25) is 0 Å². The van der Waals surface area contributed by atoms with Gasteiger partial charge in [-0.2, -0.15) is 23.1 Å². The first-order valence-electron chi connectivity index (χ1n) is 16.3. The van der Waals surface area contributed by atoms with E-state index in [9.17, 15) is 18.0 Å². The second kappa shape index (κ2) is 19.3. The third kappa shape index (κ3) is 10.2. The summed E-state index contributed by atoms with van der Waals surface area (Å²) in [6, 6.07) is 25.6. The molecular weight excluding hydrogens is 744 g/mol. The molecule has 16 heteroatoms. The van der Waals surface area contributed by atoms with E-state index in [4.69, 9.17) is 14.2 Å². The lowest BCUT2D eigenvalue weighted by Crippen LogP contribution is -2.67. The molecule has 4 heterocycles. The van der Waals surface area contributed by atoms with Gasteiger partial charge in [-0.05, 0) is 30.2 Å². The molecule has 2 aliphatic rings. The highest BCUT2D eigenvalue weighted by atomic mass is 35.5. The number of carbonyl (C=O) groups excluding carboxylic acids is 1. The number of alkyl halides is 3. The van der Waals surface area contributed by atoms with Crippen LogP contribution in [-0.4, -0.2) is 107 Å². The second-order valence-corrected chi connectivity index (χ2v) is 12.1. The molecule has 2 aromatic heterocycles. The van der Waals surface area contributed by atoms with Crippen LogP contribution in [0, 0.1) is 0 Å². The molecule has 0 bridgehead atoms. The van der Waals surface area contributed by atoms with Crippen LogP contribution in [0.1, 0.15) is 40.0 Å². The molecule has 4 aromatic rings. The summed E-state index contributed by atoms with van der Waals surface area (Å²) in [6.07, 6.45) is -2.97. The molecule has 2 aromatic carbocycles. The van der Waals surface area contributed by atoms with Gasteiger partial charge in [0.25, 0.3) is 5.91 Å². The first-order valence-corrected chi connectivity index (χ1v) is 16.3. The fourth-order valence-electron chi connectivity index (χ4n) is 6.85. The van der Waals surface area contributed by atoms with Crippen LogP contribution < -0.4 is 14.2 Å². The number of carbonyl (C=O) groups is 1. The Balaban J connectivity index is 0.00000243. The molecule has 52 heavy (non-hydrogen) atoms. The quantitative estimate of drug-likeness (QED) is 0.173. The Morgan fingerprint density at radius 3 is 2.06 bits per heavy atom. The summed E-state index contributed by atoms with van der Waals surface area (Å²) in [7, 11) is 1.40. The van der Waals surface area contributed by atoms with Crippen LogP contribution in [0.4, 0.5) is 13.2 Å². The van der Waals surface area contributed by atoms with E-state index >= 15 is 0 Å². The number of rotatable bonds is 11. The normalized spacial score (nSPS) is 17.5. The van der Waals surface area contributed by atoms with Gasteiger partial charge in [-0.1, -0.05) is 66.7 Å². The maximum atomic E-state index is 13.5. The Morgan fingerprint density at radius 2 is 1.48 bits per heavy atom. The Labute approximate surface area is 319 Å². The monoisotopic (exact) mass is 784 g/mol. The van der Waals surface area contributed by atoms with Crippen molar-refractivity contribution >= 4 is 43.1 Å². The molecule has 2 atom stereocenters. The predicted molar refractivity (Wildman–Crippen MR) is 197 cm³/mol. The topological polar surface area (TPSA) is 93.2 Å². The number of pyridine rings is 1. The summed E-state index contributed by atoms with van der Waals surface area (Å²) in [4.78, 5) is 32.9. The number of ether oxygens (including phenoxy) is 3. The van der Waals surface area contributed by atoms with E-state index in [1.54, 1.807) is 31.3 Å². The zero-order valence-electron chi connectivity index (χ0n) is 28.6. The highest BCUT2D eigenvalue weighted by Crippen LogP contribution is 2.38. The largest absolute Gasteiger partial charge is 0.481 e. The van der Waals surface area contributed by atoms with Gasteiger partial charge in [0, 0.05) is 63.5 Å². The van der Waals surface area contributed by atoms with E-state index < -0.39 is 12.8 Å². The fourth-order valence-corrected chi connectivity index (χ4v) is 6.85. The van der Waals surface area contributed by atoms with Crippen LogP contribution in [0.15, 0.2) is 85.1 Å². The fraction of sp³-hybridized carbons (Fsp3) is 0.389. The molecule has 282 valence electrons. The SMILES string of the molecule is CCOc1nc(OC)c(CN2C[C@@H]3CN(C(=O)c4ccccn4)CCN3[C@H](C(c3ccccc3)c3ccccc3)C2)c(OCC(F)(F)F)n1.Cl.Cl.Cl. The summed E-state index contributed by atoms with van der Waals surface area (Å²) in [6.45, 7) is 3.27. The summed E-state index contributed by atoms with van der Waals surface area (Å²) in [5.74, 6) is -0.344. The molecule has 0 unspecified atom stereocenters. The molecule has 0 saturated carbocycles. The number of amides is 1. The maximum absolute atomic E-state index is 13.5. The number of halogens is 6. The van der Waals surface area contributed by atoms with Crippen molar-refractivity contribution in [2.45, 2.75) is 37.6 Å². The Bertz CT molecular complexity index is 1660. The first kappa shape index (κ1) is 42.5. The lowest BCUT2D eigenvalue weighted by Gasteiger charge is -2.53. The maximum Gasteiger partial charge on any atom is 0.422 e. The van der Waals surface area contributed by atoms with E-state index in [1.165, 1.54) is 7.11 Å². The minimum atomic E-state index is -4.58. The van der Waals surface area contributed by atoms with Crippen molar-refractivity contribution in [1.29, 1.82) is 0 Å². The number of hydrogen-bond donors (Lipinski definition) is 0. The van der Waals surface area contributed by atoms with Gasteiger partial charge in [-0.3, -0.25) is 19.6 Å². The van der Waals surface area contributed by atoms with Crippen molar-refractivity contribution in [2.75, 3.05) is 53.0 Å². The van der Waals surface area contributed by atoms with Crippen molar-refractivity contribution in [3.63, 3.8) is 0 Å². The number of benzene rings is 2. The third-order valence-electron chi connectivity index (χ3n) is 8.87. The van der Waals surface area contributed by atoms with E-state index in [-0.39, 0.29) is 97.6 Å². The van der Waals surface area contributed by atoms with Crippen molar-refractivity contribution in [3.8, 4) is 17.8 Å². The van der Waals surface area contributed by atoms with Crippen LogP contribution in [0.25, 0.3) is 0 Å². The Morgan fingerprint density at radius 1 is 0.846 bits per heavy atom. The number of fused-ring (bicyclic) bond motifs is 1. The van der Waals surface area contributed by atoms with Gasteiger partial charge in [-0.25, -0.2) is 0 Å². The van der Waals surface area contributed by atoms with Crippen molar-refractivity contribution in [3.05, 3.63) is 107 Å². The van der Waals surface area contributed by atoms with Gasteiger partial charge in [0.2, 0.25) is 11.8 Å². The molecule has 2 saturated heterocycles. The average molecular weight is 786 g/mol. The number of nitrogens with zero attached hydrogens (tertiary/aromatic N) is 6. The van der Waals surface area contributed by atoms with Gasteiger partial charge in [0.15, 0.2) is 6.61 Å². The number of piperazine rings is 2. The van der Waals surface area contributed by atoms with Crippen LogP contribution in [-0.2, 0) is 6.54 Å². The molecule has 6 rings (SSSR count). The van der Waals surface area contributed by atoms with Crippen molar-refractivity contribution in [2.24, 2.45) is 0 Å². The molecule has 0 N–H and O–H groups in total. The van der Waals surface area contributed by atoms with E-state index in [2.05, 4.69) is 49.0 Å². The van der Waals surface area contributed by atoms with Gasteiger partial charge in [0.05, 0.1) is 19.3 Å². The van der Waals surface area contributed by atoms with E-state index in [0.717, 1.165) is 11.1 Å². The highest BCUT2D eigenvalue weighted by Gasteiger charge is 2.44. The zero-order valence-corrected chi connectivity index (χ0v) is 31.1. The minimum absolute atomic E-state index is 0. The molecule has 2 fully saturated rings. The van der Waals surface area contributed by atoms with Crippen molar-refractivity contribution in [1.82, 2.24) is 29.7 Å². The van der Waals surface area contributed by atoms with Crippen molar-refractivity contribution < 1.29 is 32.2 Å². The molecule has 10 nitrogen and oxygen atoms in total. The van der Waals surface area contributed by atoms with Gasteiger partial charge >= 0.3 is 12.2 Å². The highest BCUT2D eigenvalue weighted by molar-refractivity contribution is 5.92. The van der Waals surface area contributed by atoms with E-state index in [0.29, 0.717) is 38.4 Å². The molecule has 1 amide bonds. The lowest BCUT2D eigenvalue weighted by atomic mass is 9.81. The Hall–Kier alpha value is -3.88.